The number of likely N-dealkylation sites (N-methyl/N-ethyl adjacent to an activating group) is 1. The van der Waals surface area contributed by atoms with Crippen LogP contribution < -0.4 is 15.4 Å². The number of hydrogen-bond acceptors (Lipinski definition) is 4. The van der Waals surface area contributed by atoms with Gasteiger partial charge in [-0.1, -0.05) is 18.5 Å². The van der Waals surface area contributed by atoms with Crippen LogP contribution in [0.15, 0.2) is 48.5 Å². The summed E-state index contributed by atoms with van der Waals surface area (Å²) in [6.45, 7) is 5.57. The van der Waals surface area contributed by atoms with E-state index in [1.807, 2.05) is 24.0 Å². The Kier molecular flexibility index (Phi) is 8.10. The average Bonchev–Trinajstić information content (AvgIpc) is 2.63. The number of hydrogen-bond donors (Lipinski definition) is 2. The summed E-state index contributed by atoms with van der Waals surface area (Å²) in [6, 6.07) is 14.2. The lowest BCUT2D eigenvalue weighted by Crippen LogP contribution is -2.35. The lowest BCUT2D eigenvalue weighted by Gasteiger charge is -2.20. The quantitative estimate of drug-likeness (QED) is 0.687. The van der Waals surface area contributed by atoms with Crippen molar-refractivity contribution >= 4 is 34.8 Å². The fourth-order valence-corrected chi connectivity index (χ4v) is 2.54. The molecule has 7 heteroatoms. The molecule has 2 rings (SSSR count). The minimum Gasteiger partial charge on any atom is -0.492 e. The van der Waals surface area contributed by atoms with Crippen LogP contribution >= 0.6 is 11.6 Å². The number of anilines is 2. The number of nitrogens with zero attached hydrogens (tertiary/aromatic N) is 1. The molecule has 0 aliphatic rings. The monoisotopic (exact) mass is 389 g/mol. The molecular weight excluding hydrogens is 366 g/mol. The molecule has 2 N–H and O–H groups in total. The lowest BCUT2D eigenvalue weighted by atomic mass is 10.2. The Bertz CT molecular complexity index is 748. The zero-order valence-corrected chi connectivity index (χ0v) is 16.3. The molecule has 2 aromatic carbocycles. The van der Waals surface area contributed by atoms with Gasteiger partial charge in [0.05, 0.1) is 6.54 Å². The molecule has 0 heterocycles. The molecular formula is C20H24ClN3O3. The van der Waals surface area contributed by atoms with Crippen molar-refractivity contribution in [3.05, 3.63) is 53.6 Å². The van der Waals surface area contributed by atoms with Gasteiger partial charge in [0, 0.05) is 29.9 Å². The zero-order chi connectivity index (χ0) is 19.6. The highest BCUT2D eigenvalue weighted by atomic mass is 35.5. The Morgan fingerprint density at radius 2 is 1.59 bits per heavy atom. The Labute approximate surface area is 164 Å². The largest absolute Gasteiger partial charge is 0.492 e. The molecule has 0 fully saturated rings. The predicted molar refractivity (Wildman–Crippen MR) is 108 cm³/mol. The van der Waals surface area contributed by atoms with Gasteiger partial charge >= 0.3 is 0 Å². The van der Waals surface area contributed by atoms with E-state index in [-0.39, 0.29) is 18.4 Å². The summed E-state index contributed by atoms with van der Waals surface area (Å²) in [5, 5.41) is 6.20. The predicted octanol–water partition coefficient (Wildman–Crippen LogP) is 3.64. The maximum absolute atomic E-state index is 12.2. The van der Waals surface area contributed by atoms with Crippen molar-refractivity contribution in [3.8, 4) is 5.75 Å². The van der Waals surface area contributed by atoms with Gasteiger partial charge in [0.25, 0.3) is 0 Å². The van der Waals surface area contributed by atoms with E-state index in [0.29, 0.717) is 29.5 Å². The first-order valence-electron chi connectivity index (χ1n) is 8.74. The zero-order valence-electron chi connectivity index (χ0n) is 15.5. The van der Waals surface area contributed by atoms with E-state index in [2.05, 4.69) is 10.6 Å². The SMILES string of the molecule is CCN(CCOc1ccc(Cl)cc1)CC(=O)Nc1ccc(NC(C)=O)cc1. The summed E-state index contributed by atoms with van der Waals surface area (Å²) in [5.74, 6) is 0.515. The highest BCUT2D eigenvalue weighted by Crippen LogP contribution is 2.15. The van der Waals surface area contributed by atoms with Crippen LogP contribution in [-0.4, -0.2) is 43.0 Å². The Morgan fingerprint density at radius 3 is 2.15 bits per heavy atom. The van der Waals surface area contributed by atoms with Crippen LogP contribution in [0.2, 0.25) is 5.02 Å². The number of carbonyl (C=O) groups is 2. The number of ether oxygens (including phenoxy) is 1. The maximum Gasteiger partial charge on any atom is 0.238 e. The van der Waals surface area contributed by atoms with Crippen molar-refractivity contribution in [2.24, 2.45) is 0 Å². The van der Waals surface area contributed by atoms with Crippen LogP contribution in [0.25, 0.3) is 0 Å². The average molecular weight is 390 g/mol. The second kappa shape index (κ2) is 10.5. The smallest absolute Gasteiger partial charge is 0.238 e. The lowest BCUT2D eigenvalue weighted by molar-refractivity contribution is -0.117. The van der Waals surface area contributed by atoms with Gasteiger partial charge in [-0.25, -0.2) is 0 Å². The molecule has 6 nitrogen and oxygen atoms in total. The number of carbonyl (C=O) groups excluding carboxylic acids is 2. The molecule has 0 atom stereocenters. The number of halogens is 1. The van der Waals surface area contributed by atoms with Crippen molar-refractivity contribution in [3.63, 3.8) is 0 Å². The summed E-state index contributed by atoms with van der Waals surface area (Å²) in [6.07, 6.45) is 0. The molecule has 2 amide bonds. The second-order valence-electron chi connectivity index (χ2n) is 5.98. The summed E-state index contributed by atoms with van der Waals surface area (Å²) in [7, 11) is 0. The van der Waals surface area contributed by atoms with Gasteiger partial charge in [-0.3, -0.25) is 14.5 Å². The van der Waals surface area contributed by atoms with Crippen LogP contribution in [0, 0.1) is 0 Å². The fraction of sp³-hybridized carbons (Fsp3) is 0.300. The topological polar surface area (TPSA) is 70.7 Å². The first kappa shape index (κ1) is 20.7. The van der Waals surface area contributed by atoms with Gasteiger partial charge in [0.1, 0.15) is 12.4 Å². The van der Waals surface area contributed by atoms with E-state index in [0.717, 1.165) is 12.3 Å². The number of rotatable bonds is 9. The van der Waals surface area contributed by atoms with Gasteiger partial charge in [0.15, 0.2) is 0 Å². The molecule has 0 spiro atoms. The van der Waals surface area contributed by atoms with Crippen LogP contribution in [0.4, 0.5) is 11.4 Å². The van der Waals surface area contributed by atoms with Crippen molar-refractivity contribution in [2.75, 3.05) is 36.9 Å². The summed E-state index contributed by atoms with van der Waals surface area (Å²) < 4.78 is 5.67. The standard InChI is InChI=1S/C20H24ClN3O3/c1-3-24(12-13-27-19-10-4-16(21)5-11-19)14-20(26)23-18-8-6-17(7-9-18)22-15(2)25/h4-11H,3,12-14H2,1-2H3,(H,22,25)(H,23,26). The van der Waals surface area contributed by atoms with E-state index in [9.17, 15) is 9.59 Å². The van der Waals surface area contributed by atoms with Crippen molar-refractivity contribution in [1.29, 1.82) is 0 Å². The highest BCUT2D eigenvalue weighted by molar-refractivity contribution is 6.30. The van der Waals surface area contributed by atoms with Crippen molar-refractivity contribution < 1.29 is 14.3 Å². The van der Waals surface area contributed by atoms with Crippen LogP contribution in [0.5, 0.6) is 5.75 Å². The van der Waals surface area contributed by atoms with Gasteiger partial charge in [-0.15, -0.1) is 0 Å². The molecule has 0 saturated heterocycles. The van der Waals surface area contributed by atoms with Gasteiger partial charge < -0.3 is 15.4 Å². The van der Waals surface area contributed by atoms with Crippen LogP contribution in [0.1, 0.15) is 13.8 Å². The molecule has 0 aliphatic heterocycles. The first-order valence-corrected chi connectivity index (χ1v) is 9.12. The maximum atomic E-state index is 12.2. The molecule has 0 aliphatic carbocycles. The van der Waals surface area contributed by atoms with E-state index < -0.39 is 0 Å². The molecule has 0 bridgehead atoms. The fourth-order valence-electron chi connectivity index (χ4n) is 2.42. The highest BCUT2D eigenvalue weighted by Gasteiger charge is 2.10. The van der Waals surface area contributed by atoms with E-state index in [1.54, 1.807) is 36.4 Å². The number of nitrogens with one attached hydrogen (secondary N) is 2. The first-order chi connectivity index (χ1) is 13.0. The van der Waals surface area contributed by atoms with Crippen molar-refractivity contribution in [1.82, 2.24) is 4.90 Å². The minimum atomic E-state index is -0.133. The number of amides is 2. The van der Waals surface area contributed by atoms with Crippen molar-refractivity contribution in [2.45, 2.75) is 13.8 Å². The number of benzene rings is 2. The third-order valence-corrected chi connectivity index (χ3v) is 4.05. The third-order valence-electron chi connectivity index (χ3n) is 3.79. The summed E-state index contributed by atoms with van der Waals surface area (Å²) in [4.78, 5) is 25.3. The normalized spacial score (nSPS) is 10.5. The van der Waals surface area contributed by atoms with E-state index in [1.165, 1.54) is 6.92 Å². The molecule has 0 radical (unpaired) electrons. The molecule has 144 valence electrons. The van der Waals surface area contributed by atoms with E-state index in [4.69, 9.17) is 16.3 Å². The minimum absolute atomic E-state index is 0.101. The summed E-state index contributed by atoms with van der Waals surface area (Å²) >= 11 is 5.85. The molecule has 27 heavy (non-hydrogen) atoms. The molecule has 2 aromatic rings. The Balaban J connectivity index is 1.76. The molecule has 0 saturated carbocycles. The van der Waals surface area contributed by atoms with Gasteiger partial charge in [-0.05, 0) is 55.1 Å². The third kappa shape index (κ3) is 7.68. The van der Waals surface area contributed by atoms with Crippen LogP contribution in [0.3, 0.4) is 0 Å². The van der Waals surface area contributed by atoms with Gasteiger partial charge in [0.2, 0.25) is 11.8 Å². The van der Waals surface area contributed by atoms with Gasteiger partial charge in [-0.2, -0.15) is 0 Å². The van der Waals surface area contributed by atoms with Crippen LogP contribution in [-0.2, 0) is 9.59 Å². The summed E-state index contributed by atoms with van der Waals surface area (Å²) in [5.41, 5.74) is 1.37. The molecule has 0 unspecified atom stereocenters. The second-order valence-corrected chi connectivity index (χ2v) is 6.41. The molecule has 0 aromatic heterocycles. The Hall–Kier alpha value is -2.57. The Morgan fingerprint density at radius 1 is 1.00 bits per heavy atom. The van der Waals surface area contributed by atoms with E-state index >= 15 is 0 Å².